The zero-order chi connectivity index (χ0) is 64.5. The lowest BCUT2D eigenvalue weighted by Crippen LogP contribution is -2.65. The van der Waals surface area contributed by atoms with Gasteiger partial charge in [-0.05, 0) is 79.0 Å². The zero-order valence-corrected chi connectivity index (χ0v) is 50.4. The van der Waals surface area contributed by atoms with Crippen molar-refractivity contribution in [1.29, 1.82) is 10.8 Å². The average Bonchev–Trinajstić information content (AvgIpc) is 3.52. The van der Waals surface area contributed by atoms with Gasteiger partial charge in [-0.1, -0.05) is 149 Å². The van der Waals surface area contributed by atoms with Gasteiger partial charge in [0.25, 0.3) is 0 Å². The fourth-order valence-corrected chi connectivity index (χ4v) is 10.1. The molecule has 0 aliphatic carbocycles. The number of guanidine groups is 1. The minimum absolute atomic E-state index is 0.0336. The van der Waals surface area contributed by atoms with E-state index in [-0.39, 0.29) is 95.0 Å². The van der Waals surface area contributed by atoms with E-state index in [1.165, 1.54) is 4.90 Å². The number of carboxylic acid groups (broad SMARTS) is 1. The lowest BCUT2D eigenvalue weighted by Gasteiger charge is -2.41. The summed E-state index contributed by atoms with van der Waals surface area (Å²) < 4.78 is 0. The van der Waals surface area contributed by atoms with Crippen LogP contribution in [-0.4, -0.2) is 149 Å². The lowest BCUT2D eigenvalue weighted by atomic mass is 9.86. The summed E-state index contributed by atoms with van der Waals surface area (Å²) in [5.74, 6) is -8.59. The number of nitrogens with zero attached hydrogens (tertiary/aromatic N) is 1. The maximum absolute atomic E-state index is 14.5. The summed E-state index contributed by atoms with van der Waals surface area (Å²) in [6, 6.07) is 26.2. The van der Waals surface area contributed by atoms with E-state index in [0.717, 1.165) is 11.1 Å². The van der Waals surface area contributed by atoms with Crippen molar-refractivity contribution >= 4 is 65.0 Å². The Morgan fingerprint density at radius 3 is 1.18 bits per heavy atom. The van der Waals surface area contributed by atoms with Crippen molar-refractivity contribution < 1.29 is 48.3 Å². The van der Waals surface area contributed by atoms with Crippen LogP contribution in [0.2, 0.25) is 0 Å². The number of nitrogens with two attached hydrogens (primary N) is 4. The molecule has 88 heavy (non-hydrogen) atoms. The molecular weight excluding hydrogens is 1130 g/mol. The third kappa shape index (κ3) is 22.6. The van der Waals surface area contributed by atoms with Crippen LogP contribution in [0.4, 0.5) is 0 Å². The second kappa shape index (κ2) is 34.2. The topological polar surface area (TPSA) is 425 Å². The highest BCUT2D eigenvalue weighted by Crippen LogP contribution is 2.25. The van der Waals surface area contributed by atoms with Gasteiger partial charge >= 0.3 is 5.97 Å². The molecule has 0 aromatic heterocycles. The van der Waals surface area contributed by atoms with Gasteiger partial charge in [-0.25, -0.2) is 4.79 Å². The van der Waals surface area contributed by atoms with Gasteiger partial charge in [-0.2, -0.15) is 0 Å². The number of carboxylic acids is 1. The maximum atomic E-state index is 14.5. The van der Waals surface area contributed by atoms with E-state index in [1.54, 1.807) is 60.7 Å². The number of carbonyl (C=O) groups is 9. The minimum Gasteiger partial charge on any atom is -0.480 e. The number of likely N-dealkylation sites (tertiary alicyclic amines) is 1. The predicted molar refractivity (Wildman–Crippen MR) is 332 cm³/mol. The minimum atomic E-state index is -2.01. The van der Waals surface area contributed by atoms with Crippen LogP contribution in [0, 0.1) is 22.7 Å². The molecule has 0 saturated carbocycles. The first kappa shape index (κ1) is 69.5. The normalized spacial score (nSPS) is 15.5. The molecule has 4 aromatic rings. The standard InChI is InChI=1S/C63H87N15O10/c1-38(2)31-47(74-57(83)49(35-42-21-13-7-14-22-42)72-53(79)44(64)33-40-17-9-5-10-18-40)55(81)71-46(25-26-52(66)67)59(85)77-63(61(87)88)27-29-78(30-28-63)60(86)51(37-70-62(68)69)76-56(82)48(32-39(3)4)75-58(84)50(36-43-23-15-8-16-24-43)73-54(80)45(65)34-41-19-11-6-12-20-41/h5-24,38-39,44-51H,25-37,64-65H2,1-4H3,(H3,66,67)(H,71,81)(H,72,79)(H,73,80)(H,74,83)(H,75,84)(H,76,82)(H,77,85)(H,87,88)(H4,68,69,70)/t44-,45-,46-,47-,48-,49-,50-,51-/m1/s1. The monoisotopic (exact) mass is 1210 g/mol. The number of hydrogen-bond acceptors (Lipinski definition) is 13. The number of aliphatic carboxylic acids is 1. The molecule has 25 heteroatoms. The maximum Gasteiger partial charge on any atom is 0.329 e. The number of amides is 8. The summed E-state index contributed by atoms with van der Waals surface area (Å²) >= 11 is 0. The van der Waals surface area contributed by atoms with E-state index in [1.807, 2.05) is 88.4 Å². The summed E-state index contributed by atoms with van der Waals surface area (Å²) in [4.78, 5) is 128. The van der Waals surface area contributed by atoms with Gasteiger partial charge in [-0.15, -0.1) is 0 Å². The Morgan fingerprint density at radius 2 is 0.830 bits per heavy atom. The van der Waals surface area contributed by atoms with E-state index in [4.69, 9.17) is 33.8 Å². The van der Waals surface area contributed by atoms with E-state index in [2.05, 4.69) is 42.5 Å². The second-order valence-electron chi connectivity index (χ2n) is 23.2. The molecule has 25 nitrogen and oxygen atoms in total. The van der Waals surface area contributed by atoms with E-state index in [9.17, 15) is 48.3 Å². The number of carbonyl (C=O) groups excluding carboxylic acids is 8. The average molecular weight is 1210 g/mol. The quantitative estimate of drug-likeness (QED) is 0.0226. The van der Waals surface area contributed by atoms with Crippen molar-refractivity contribution in [2.24, 2.45) is 34.8 Å². The van der Waals surface area contributed by atoms with Crippen LogP contribution >= 0.6 is 0 Å². The summed E-state index contributed by atoms with van der Waals surface area (Å²) in [5, 5.41) is 48.1. The third-order valence-electron chi connectivity index (χ3n) is 14.9. The first-order chi connectivity index (χ1) is 41.8. The molecule has 0 unspecified atom stereocenters. The Hall–Kier alpha value is -9.23. The highest BCUT2D eigenvalue weighted by atomic mass is 16.4. The molecule has 1 fully saturated rings. The molecule has 0 spiro atoms. The van der Waals surface area contributed by atoms with E-state index >= 15 is 0 Å². The molecule has 1 heterocycles. The zero-order valence-electron chi connectivity index (χ0n) is 50.4. The van der Waals surface area contributed by atoms with Crippen LogP contribution in [0.25, 0.3) is 0 Å². The Balaban J connectivity index is 1.30. The van der Waals surface area contributed by atoms with Crippen molar-refractivity contribution in [2.75, 3.05) is 19.6 Å². The van der Waals surface area contributed by atoms with Crippen molar-refractivity contribution in [1.82, 2.24) is 47.4 Å². The number of benzene rings is 4. The summed E-state index contributed by atoms with van der Waals surface area (Å²) in [6.45, 7) is 6.31. The Morgan fingerprint density at radius 1 is 0.489 bits per heavy atom. The van der Waals surface area contributed by atoms with Crippen molar-refractivity contribution in [3.05, 3.63) is 144 Å². The van der Waals surface area contributed by atoms with Gasteiger partial charge in [0.05, 0.1) is 17.9 Å². The number of piperidine rings is 1. The molecule has 8 amide bonds. The van der Waals surface area contributed by atoms with Gasteiger partial charge in [-0.3, -0.25) is 49.2 Å². The number of nitrogens with one attached hydrogen (secondary N) is 10. The first-order valence-corrected chi connectivity index (χ1v) is 29.6. The molecule has 4 aromatic carbocycles. The van der Waals surface area contributed by atoms with Crippen molar-refractivity contribution in [3.8, 4) is 0 Å². The third-order valence-corrected chi connectivity index (χ3v) is 14.9. The van der Waals surface area contributed by atoms with Crippen LogP contribution in [0.1, 0.15) is 88.5 Å². The van der Waals surface area contributed by atoms with E-state index in [0.29, 0.717) is 11.1 Å². The molecule has 8 atom stereocenters. The van der Waals surface area contributed by atoms with Crippen molar-refractivity contribution in [3.63, 3.8) is 0 Å². The fourth-order valence-electron chi connectivity index (χ4n) is 10.1. The van der Waals surface area contributed by atoms with Gasteiger partial charge < -0.3 is 75.5 Å². The predicted octanol–water partition coefficient (Wildman–Crippen LogP) is 0.374. The molecule has 1 aliphatic rings. The molecule has 0 radical (unpaired) electrons. The smallest absolute Gasteiger partial charge is 0.329 e. The molecule has 19 N–H and O–H groups in total. The SMILES string of the molecule is CC(C)C[C@@H](NC(=O)[C@@H](Cc1ccccc1)NC(=O)[C@H](N)Cc1ccccc1)C(=O)N[C@H](CCC(=N)N)C(=O)NC1(C(=O)O)CCN(C(=O)[C@@H](CNC(=N)N)NC(=O)[C@@H](CC(C)C)NC(=O)[C@@H](Cc2ccccc2)NC(=O)[C@H](N)Cc2ccccc2)CC1. The molecule has 1 aliphatic heterocycles. The Bertz CT molecular complexity index is 3000. The van der Waals surface area contributed by atoms with Gasteiger partial charge in [0.1, 0.15) is 41.8 Å². The van der Waals surface area contributed by atoms with Crippen LogP contribution in [0.5, 0.6) is 0 Å². The first-order valence-electron chi connectivity index (χ1n) is 29.6. The largest absolute Gasteiger partial charge is 0.480 e. The van der Waals surface area contributed by atoms with Crippen LogP contribution in [0.3, 0.4) is 0 Å². The Labute approximate surface area is 513 Å². The van der Waals surface area contributed by atoms with Crippen LogP contribution in [0.15, 0.2) is 121 Å². The number of hydrogen-bond donors (Lipinski definition) is 15. The lowest BCUT2D eigenvalue weighted by molar-refractivity contribution is -0.152. The highest BCUT2D eigenvalue weighted by molar-refractivity contribution is 5.98. The molecule has 474 valence electrons. The molecular formula is C63H87N15O10. The van der Waals surface area contributed by atoms with Crippen LogP contribution in [-0.2, 0) is 68.8 Å². The number of rotatable bonds is 33. The fraction of sp³-hybridized carbons (Fsp3) is 0.444. The molecule has 0 bridgehead atoms. The summed E-state index contributed by atoms with van der Waals surface area (Å²) in [6.07, 6.45) is -0.567. The second-order valence-corrected chi connectivity index (χ2v) is 23.2. The van der Waals surface area contributed by atoms with Gasteiger partial charge in [0.15, 0.2) is 5.96 Å². The van der Waals surface area contributed by atoms with Gasteiger partial charge in [0, 0.05) is 38.9 Å². The van der Waals surface area contributed by atoms with Crippen LogP contribution < -0.4 is 65.5 Å². The molecule has 5 rings (SSSR count). The highest BCUT2D eigenvalue weighted by Gasteiger charge is 2.46. The van der Waals surface area contributed by atoms with Gasteiger partial charge in [0.2, 0.25) is 47.3 Å². The van der Waals surface area contributed by atoms with Crippen molar-refractivity contribution in [2.45, 2.75) is 146 Å². The number of amidine groups is 1. The van der Waals surface area contributed by atoms with E-state index < -0.39 is 120 Å². The molecule has 1 saturated heterocycles. The summed E-state index contributed by atoms with van der Waals surface area (Å²) in [7, 11) is 0. The summed E-state index contributed by atoms with van der Waals surface area (Å²) in [5.41, 5.74) is 25.0. The Kier molecular flexibility index (Phi) is 27.0.